The van der Waals surface area contributed by atoms with Crippen LogP contribution >= 0.6 is 34.3 Å². The molecular formula is C39H38ClN7O8S2. The van der Waals surface area contributed by atoms with E-state index in [2.05, 4.69) is 5.32 Å². The van der Waals surface area contributed by atoms with Crippen LogP contribution in [0.4, 0.5) is 17.1 Å². The number of piperazine rings is 1. The number of amides is 1. The summed E-state index contributed by atoms with van der Waals surface area (Å²) in [5.74, 6) is 0.578. The Kier molecular flexibility index (Phi) is 12.9. The zero-order chi connectivity index (χ0) is 40.8. The first-order valence-electron chi connectivity index (χ1n) is 17.9. The molecule has 2 aromatic carbocycles. The largest absolute Gasteiger partial charge is 0.362 e. The summed E-state index contributed by atoms with van der Waals surface area (Å²) in [6.45, 7) is 3.71. The minimum absolute atomic E-state index is 0.0296. The van der Waals surface area contributed by atoms with Crippen molar-refractivity contribution in [1.82, 2.24) is 19.4 Å². The van der Waals surface area contributed by atoms with Gasteiger partial charge in [0.25, 0.3) is 5.91 Å². The first-order valence-corrected chi connectivity index (χ1v) is 20.1. The number of rotatable bonds is 6. The number of thiophene rings is 2. The number of anilines is 1. The number of aryl methyl sites for hydroxylation is 2. The van der Waals surface area contributed by atoms with Crippen molar-refractivity contribution in [2.24, 2.45) is 20.0 Å². The maximum atomic E-state index is 12.6. The molecule has 8 rings (SSSR count). The molecule has 15 nitrogen and oxygen atoms in total. The van der Waals surface area contributed by atoms with Crippen LogP contribution in [0.1, 0.15) is 32.2 Å². The average molecular weight is 832 g/mol. The van der Waals surface area contributed by atoms with E-state index in [1.165, 1.54) is 27.5 Å². The van der Waals surface area contributed by atoms with Gasteiger partial charge in [-0.2, -0.15) is 0 Å². The van der Waals surface area contributed by atoms with Crippen molar-refractivity contribution >= 4 is 84.8 Å². The molecule has 2 aliphatic rings. The summed E-state index contributed by atoms with van der Waals surface area (Å²) in [6, 6.07) is 21.4. The van der Waals surface area contributed by atoms with Crippen LogP contribution in [0.5, 0.6) is 0 Å². The highest BCUT2D eigenvalue weighted by Crippen LogP contribution is 2.34. The van der Waals surface area contributed by atoms with Crippen molar-refractivity contribution < 1.29 is 19.4 Å². The van der Waals surface area contributed by atoms with Gasteiger partial charge in [0, 0.05) is 57.0 Å². The monoisotopic (exact) mass is 831 g/mol. The SMILES string of the molecule is Cn1c(=O)c([N+](=O)[O-])c(Cl)c2ccccc21.Cn1c(=O)c([N+](=O)[O-])c(N2CCN(C(=O)c3cccs3)CC2)c2ccccc21.O=C(c1cccs1)C1CCNCC1. The number of piperidine rings is 1. The van der Waals surface area contributed by atoms with E-state index < -0.39 is 32.3 Å². The number of carbonyl (C=O) groups excluding carboxylic acids is 2. The third-order valence-electron chi connectivity index (χ3n) is 9.92. The molecule has 0 saturated carbocycles. The van der Waals surface area contributed by atoms with Crippen molar-refractivity contribution in [3.8, 4) is 0 Å². The van der Waals surface area contributed by atoms with Crippen molar-refractivity contribution in [3.05, 3.63) is 139 Å². The van der Waals surface area contributed by atoms with Gasteiger partial charge in [-0.25, -0.2) is 0 Å². The van der Waals surface area contributed by atoms with E-state index in [0.717, 1.165) is 30.8 Å². The third-order valence-corrected chi connectivity index (χ3v) is 12.0. The van der Waals surface area contributed by atoms with Gasteiger partial charge < -0.3 is 24.3 Å². The Morgan fingerprint density at radius 3 is 1.77 bits per heavy atom. The number of hydrogen-bond acceptors (Lipinski definition) is 12. The molecule has 4 aromatic heterocycles. The Morgan fingerprint density at radius 1 is 0.719 bits per heavy atom. The fourth-order valence-corrected chi connectivity index (χ4v) is 8.69. The van der Waals surface area contributed by atoms with Crippen LogP contribution in [-0.2, 0) is 14.1 Å². The van der Waals surface area contributed by atoms with Gasteiger partial charge in [0.05, 0.1) is 30.6 Å². The molecule has 6 heterocycles. The highest BCUT2D eigenvalue weighted by Gasteiger charge is 2.32. The number of carbonyl (C=O) groups is 2. The lowest BCUT2D eigenvalue weighted by Crippen LogP contribution is -2.49. The fraction of sp³-hybridized carbons (Fsp3) is 0.282. The quantitative estimate of drug-likeness (QED) is 0.110. The lowest BCUT2D eigenvalue weighted by Gasteiger charge is -2.36. The molecule has 18 heteroatoms. The maximum absolute atomic E-state index is 12.6. The van der Waals surface area contributed by atoms with Crippen LogP contribution in [0.15, 0.2) is 93.1 Å². The van der Waals surface area contributed by atoms with Crippen LogP contribution < -0.4 is 21.3 Å². The van der Waals surface area contributed by atoms with Crippen molar-refractivity contribution in [2.45, 2.75) is 12.8 Å². The van der Waals surface area contributed by atoms with E-state index in [1.807, 2.05) is 33.9 Å². The Hall–Kier alpha value is -5.75. The normalized spacial score (nSPS) is 14.4. The molecular weight excluding hydrogens is 794 g/mol. The topological polar surface area (TPSA) is 183 Å². The molecule has 2 fully saturated rings. The van der Waals surface area contributed by atoms with Gasteiger partial charge in [0.2, 0.25) is 0 Å². The number of nitrogens with zero attached hydrogens (tertiary/aromatic N) is 6. The van der Waals surface area contributed by atoms with Crippen molar-refractivity contribution in [3.63, 3.8) is 0 Å². The zero-order valence-electron chi connectivity index (χ0n) is 31.0. The summed E-state index contributed by atoms with van der Waals surface area (Å²) < 4.78 is 2.53. The molecule has 6 aromatic rings. The minimum Gasteiger partial charge on any atom is -0.362 e. The lowest BCUT2D eigenvalue weighted by molar-refractivity contribution is -0.386. The summed E-state index contributed by atoms with van der Waals surface area (Å²) in [5, 5.41) is 30.6. The third kappa shape index (κ3) is 8.66. The van der Waals surface area contributed by atoms with E-state index in [9.17, 15) is 39.4 Å². The average Bonchev–Trinajstić information content (AvgIpc) is 3.98. The number of pyridine rings is 2. The number of nitro groups is 2. The summed E-state index contributed by atoms with van der Waals surface area (Å²) in [7, 11) is 3.02. The maximum Gasteiger partial charge on any atom is 0.357 e. The van der Waals surface area contributed by atoms with Crippen LogP contribution in [0.3, 0.4) is 0 Å². The van der Waals surface area contributed by atoms with Crippen molar-refractivity contribution in [1.29, 1.82) is 0 Å². The molecule has 296 valence electrons. The summed E-state index contributed by atoms with van der Waals surface area (Å²) in [4.78, 5) is 75.0. The number of Topliss-reactive ketones (excluding diaryl/α,β-unsaturated/α-hetero) is 1. The molecule has 0 aliphatic carbocycles. The number of ketones is 1. The summed E-state index contributed by atoms with van der Waals surface area (Å²) >= 11 is 8.81. The number of hydrogen-bond donors (Lipinski definition) is 1. The number of aromatic nitrogens is 2. The van der Waals surface area contributed by atoms with E-state index in [1.54, 1.807) is 77.9 Å². The summed E-state index contributed by atoms with van der Waals surface area (Å²) in [6.07, 6.45) is 1.99. The first-order chi connectivity index (χ1) is 27.4. The van der Waals surface area contributed by atoms with E-state index in [4.69, 9.17) is 11.6 Å². The van der Waals surface area contributed by atoms with E-state index >= 15 is 0 Å². The van der Waals surface area contributed by atoms with Crippen LogP contribution in [0.2, 0.25) is 5.02 Å². The number of benzene rings is 2. The Morgan fingerprint density at radius 2 is 1.23 bits per heavy atom. The van der Waals surface area contributed by atoms with Crippen LogP contribution in [0, 0.1) is 26.1 Å². The molecule has 0 spiro atoms. The van der Waals surface area contributed by atoms with Gasteiger partial charge in [0.1, 0.15) is 10.7 Å². The standard InChI is InChI=1S/C19H18N4O4S.C10H7ClN2O3.C10H13NOS/c1-20-14-6-3-2-5-13(14)16(17(19(20)25)23(26)27)21-8-10-22(11-9-21)18(24)15-7-4-12-28-15;1-12-7-5-3-2-4-6(7)8(11)9(10(12)14)13(15)16;12-10(9-2-1-7-13-9)8-3-5-11-6-4-8/h2-7,12H,8-11H2,1H3;2-5H,1H3;1-2,7-8,11H,3-6H2. The predicted molar refractivity (Wildman–Crippen MR) is 223 cm³/mol. The molecule has 0 atom stereocenters. The van der Waals surface area contributed by atoms with Gasteiger partial charge in [0.15, 0.2) is 5.78 Å². The van der Waals surface area contributed by atoms with Crippen LogP contribution in [0.25, 0.3) is 21.8 Å². The smallest absolute Gasteiger partial charge is 0.357 e. The fourth-order valence-electron chi connectivity index (χ4n) is 6.94. The van der Waals surface area contributed by atoms with Gasteiger partial charge in [-0.3, -0.25) is 39.4 Å². The van der Waals surface area contributed by atoms with Gasteiger partial charge >= 0.3 is 22.5 Å². The highest BCUT2D eigenvalue weighted by molar-refractivity contribution is 7.12. The lowest BCUT2D eigenvalue weighted by atomic mass is 9.93. The molecule has 0 radical (unpaired) electrons. The molecule has 2 aliphatic heterocycles. The molecule has 0 bridgehead atoms. The Labute approximate surface area is 338 Å². The Balaban J connectivity index is 0.000000160. The van der Waals surface area contributed by atoms with E-state index in [0.29, 0.717) is 64.3 Å². The minimum atomic E-state index is -0.753. The first kappa shape index (κ1) is 40.9. The Bertz CT molecular complexity index is 2560. The van der Waals surface area contributed by atoms with Gasteiger partial charge in [-0.05, 0) is 61.0 Å². The number of halogens is 1. The second kappa shape index (κ2) is 18.0. The highest BCUT2D eigenvalue weighted by atomic mass is 35.5. The molecule has 57 heavy (non-hydrogen) atoms. The zero-order valence-corrected chi connectivity index (χ0v) is 33.3. The summed E-state index contributed by atoms with van der Waals surface area (Å²) in [5.41, 5.74) is -0.771. The molecule has 1 N–H and O–H groups in total. The number of para-hydroxylation sites is 2. The van der Waals surface area contributed by atoms with Crippen LogP contribution in [-0.4, -0.2) is 74.8 Å². The predicted octanol–water partition coefficient (Wildman–Crippen LogP) is 6.50. The molecule has 2 saturated heterocycles. The van der Waals surface area contributed by atoms with Crippen molar-refractivity contribution in [2.75, 3.05) is 44.2 Å². The second-order valence-electron chi connectivity index (χ2n) is 13.3. The van der Waals surface area contributed by atoms with Gasteiger partial charge in [-0.1, -0.05) is 60.1 Å². The van der Waals surface area contributed by atoms with E-state index in [-0.39, 0.29) is 16.8 Å². The molecule has 0 unspecified atom stereocenters. The second-order valence-corrected chi connectivity index (χ2v) is 15.5. The number of nitrogens with one attached hydrogen (secondary N) is 1. The van der Waals surface area contributed by atoms with Gasteiger partial charge in [-0.15, -0.1) is 22.7 Å². The molecule has 1 amide bonds. The number of fused-ring (bicyclic) bond motifs is 2.